The molecule has 2 aromatic carbocycles. The summed E-state index contributed by atoms with van der Waals surface area (Å²) in [7, 11) is 0. The summed E-state index contributed by atoms with van der Waals surface area (Å²) in [6, 6.07) is 14.8. The van der Waals surface area contributed by atoms with Crippen molar-refractivity contribution in [2.24, 2.45) is 5.92 Å². The Balaban J connectivity index is 1.08. The zero-order valence-electron chi connectivity index (χ0n) is 23.4. The Morgan fingerprint density at radius 3 is 2.68 bits per heavy atom. The Kier molecular flexibility index (Phi) is 5.60. The number of hydrogen-bond donors (Lipinski definition) is 1. The van der Waals surface area contributed by atoms with Gasteiger partial charge in [0.2, 0.25) is 5.76 Å². The summed E-state index contributed by atoms with van der Waals surface area (Å²) in [5, 5.41) is 14.9. The molecule has 41 heavy (non-hydrogen) atoms. The van der Waals surface area contributed by atoms with Crippen LogP contribution >= 0.6 is 0 Å². The molecule has 7 heteroatoms. The first-order chi connectivity index (χ1) is 20.0. The predicted octanol–water partition coefficient (Wildman–Crippen LogP) is 7.94. The van der Waals surface area contributed by atoms with Gasteiger partial charge in [-0.15, -0.1) is 0 Å². The van der Waals surface area contributed by atoms with E-state index in [9.17, 15) is 9.90 Å². The number of benzene rings is 2. The van der Waals surface area contributed by atoms with Crippen molar-refractivity contribution in [2.45, 2.75) is 82.9 Å². The number of aromatic nitrogens is 1. The van der Waals surface area contributed by atoms with Gasteiger partial charge in [0.1, 0.15) is 23.6 Å². The molecule has 2 saturated carbocycles. The van der Waals surface area contributed by atoms with Gasteiger partial charge in [-0.25, -0.2) is 4.79 Å². The highest BCUT2D eigenvalue weighted by molar-refractivity contribution is 5.94. The van der Waals surface area contributed by atoms with Crippen LogP contribution in [-0.4, -0.2) is 28.3 Å². The van der Waals surface area contributed by atoms with Gasteiger partial charge in [0.05, 0.1) is 17.4 Å². The molecule has 4 aliphatic rings. The van der Waals surface area contributed by atoms with Crippen molar-refractivity contribution in [3.05, 3.63) is 82.5 Å². The van der Waals surface area contributed by atoms with E-state index in [1.807, 2.05) is 6.07 Å². The van der Waals surface area contributed by atoms with Gasteiger partial charge in [-0.05, 0) is 86.3 Å². The fourth-order valence-electron chi connectivity index (χ4n) is 7.17. The minimum Gasteiger partial charge on any atom is -0.493 e. The molecule has 2 aromatic heterocycles. The van der Waals surface area contributed by atoms with Crippen LogP contribution in [0, 0.1) is 12.8 Å². The maximum atomic E-state index is 11.5. The molecule has 2 unspecified atom stereocenters. The molecule has 8 rings (SSSR count). The van der Waals surface area contributed by atoms with Crippen LogP contribution in [0.15, 0.2) is 63.2 Å². The highest BCUT2D eigenvalue weighted by Crippen LogP contribution is 2.49. The highest BCUT2D eigenvalue weighted by atomic mass is 16.5. The standard InChI is InChI=1S/C34H34N2O5/c1-18-13-22-14-23(15-29(18)36(22)28-11-12-30-26(19(28)2)16-31(40-30)34(37)38)39-17-27-32(35-41-33(27)21-9-10-21)25-6-4-3-5-24(25)20-7-8-20/h3-6,11-12,15-16,18,20-22,29H,7-10,13-14,17H2,1-2H3,(H,37,38)/t18-,22?,29?/m1/s1. The number of fused-ring (bicyclic) bond motifs is 3. The maximum absolute atomic E-state index is 11.5. The van der Waals surface area contributed by atoms with Crippen molar-refractivity contribution in [1.29, 1.82) is 0 Å². The summed E-state index contributed by atoms with van der Waals surface area (Å²) in [5.41, 5.74) is 7.44. The quantitative estimate of drug-likeness (QED) is 0.238. The Morgan fingerprint density at radius 2 is 1.93 bits per heavy atom. The number of rotatable bonds is 8. The third-order valence-electron chi connectivity index (χ3n) is 9.57. The molecule has 0 amide bonds. The molecule has 3 fully saturated rings. The Morgan fingerprint density at radius 1 is 1.12 bits per heavy atom. The number of carboxylic acids is 1. The minimum atomic E-state index is -1.05. The molecule has 4 aromatic rings. The average molecular weight is 551 g/mol. The molecule has 2 bridgehead atoms. The van der Waals surface area contributed by atoms with Crippen LogP contribution in [0.3, 0.4) is 0 Å². The maximum Gasteiger partial charge on any atom is 0.371 e. The van der Waals surface area contributed by atoms with Gasteiger partial charge in [-0.3, -0.25) is 0 Å². The lowest BCUT2D eigenvalue weighted by atomic mass is 9.97. The van der Waals surface area contributed by atoms with Crippen LogP contribution in [0.5, 0.6) is 0 Å². The van der Waals surface area contributed by atoms with Gasteiger partial charge in [0.15, 0.2) is 0 Å². The van der Waals surface area contributed by atoms with E-state index < -0.39 is 5.97 Å². The zero-order chi connectivity index (χ0) is 27.8. The Hall–Kier alpha value is -4.00. The molecule has 3 atom stereocenters. The molecule has 7 nitrogen and oxygen atoms in total. The van der Waals surface area contributed by atoms with E-state index >= 15 is 0 Å². The normalized spacial score (nSPS) is 23.7. The topological polar surface area (TPSA) is 88.9 Å². The Bertz CT molecular complexity index is 1710. The molecule has 0 radical (unpaired) electrons. The van der Waals surface area contributed by atoms with Crippen molar-refractivity contribution < 1.29 is 23.6 Å². The summed E-state index contributed by atoms with van der Waals surface area (Å²) in [4.78, 5) is 14.0. The van der Waals surface area contributed by atoms with Crippen LogP contribution in [0.25, 0.3) is 22.2 Å². The largest absolute Gasteiger partial charge is 0.493 e. The molecule has 2 aliphatic heterocycles. The van der Waals surface area contributed by atoms with Gasteiger partial charge in [0.25, 0.3) is 0 Å². The van der Waals surface area contributed by atoms with E-state index in [4.69, 9.17) is 13.7 Å². The molecular weight excluding hydrogens is 516 g/mol. The fraction of sp³-hybridized carbons (Fsp3) is 0.412. The van der Waals surface area contributed by atoms with Crippen LogP contribution in [0.1, 0.15) is 90.3 Å². The predicted molar refractivity (Wildman–Crippen MR) is 155 cm³/mol. The molecular formula is C34H34N2O5. The van der Waals surface area contributed by atoms with Gasteiger partial charge < -0.3 is 23.7 Å². The summed E-state index contributed by atoms with van der Waals surface area (Å²) in [6.45, 7) is 4.84. The summed E-state index contributed by atoms with van der Waals surface area (Å²) >= 11 is 0. The summed E-state index contributed by atoms with van der Waals surface area (Å²) in [5.74, 6) is 2.54. The van der Waals surface area contributed by atoms with Crippen molar-refractivity contribution in [3.63, 3.8) is 0 Å². The third-order valence-corrected chi connectivity index (χ3v) is 9.57. The van der Waals surface area contributed by atoms with Crippen LogP contribution < -0.4 is 4.90 Å². The smallest absolute Gasteiger partial charge is 0.371 e. The second-order valence-electron chi connectivity index (χ2n) is 12.4. The number of carboxylic acid groups (broad SMARTS) is 1. The van der Waals surface area contributed by atoms with E-state index in [0.717, 1.165) is 65.1 Å². The van der Waals surface area contributed by atoms with E-state index in [2.05, 4.69) is 60.3 Å². The number of furan rings is 1. The highest BCUT2D eigenvalue weighted by Gasteiger charge is 2.43. The number of aryl methyl sites for hydroxylation is 1. The lowest BCUT2D eigenvalue weighted by molar-refractivity contribution is 0.0665. The number of hydrogen-bond acceptors (Lipinski definition) is 6. The number of nitrogens with zero attached hydrogens (tertiary/aromatic N) is 2. The van der Waals surface area contributed by atoms with Crippen molar-refractivity contribution >= 4 is 22.6 Å². The molecule has 1 saturated heterocycles. The first-order valence-corrected chi connectivity index (χ1v) is 14.9. The second kappa shape index (κ2) is 9.26. The van der Waals surface area contributed by atoms with Crippen LogP contribution in [-0.2, 0) is 11.3 Å². The average Bonchev–Trinajstić information content (AvgIpc) is 3.89. The fourth-order valence-corrected chi connectivity index (χ4v) is 7.17. The monoisotopic (exact) mass is 550 g/mol. The van der Waals surface area contributed by atoms with Gasteiger partial charge >= 0.3 is 5.97 Å². The van der Waals surface area contributed by atoms with Crippen LogP contribution in [0.4, 0.5) is 5.69 Å². The van der Waals surface area contributed by atoms with E-state index in [1.54, 1.807) is 6.07 Å². The first kappa shape index (κ1) is 24.8. The van der Waals surface area contributed by atoms with Crippen LogP contribution in [0.2, 0.25) is 0 Å². The van der Waals surface area contributed by atoms with Gasteiger partial charge in [-0.1, -0.05) is 36.3 Å². The zero-order valence-corrected chi connectivity index (χ0v) is 23.4. The molecule has 4 heterocycles. The second-order valence-corrected chi connectivity index (χ2v) is 12.4. The van der Waals surface area contributed by atoms with Crippen molar-refractivity contribution in [3.8, 4) is 11.3 Å². The molecule has 210 valence electrons. The first-order valence-electron chi connectivity index (χ1n) is 14.9. The lowest BCUT2D eigenvalue weighted by Crippen LogP contribution is -2.40. The number of ether oxygens (including phenoxy) is 1. The summed E-state index contributed by atoms with van der Waals surface area (Å²) in [6.07, 6.45) is 9.01. The van der Waals surface area contributed by atoms with E-state index in [0.29, 0.717) is 36.0 Å². The third kappa shape index (κ3) is 4.16. The van der Waals surface area contributed by atoms with E-state index in [-0.39, 0.29) is 11.8 Å². The summed E-state index contributed by atoms with van der Waals surface area (Å²) < 4.78 is 18.2. The number of carbonyl (C=O) groups is 1. The molecule has 2 aliphatic carbocycles. The number of anilines is 1. The van der Waals surface area contributed by atoms with Gasteiger partial charge in [-0.2, -0.15) is 0 Å². The Labute approximate surface area is 238 Å². The van der Waals surface area contributed by atoms with Crippen molar-refractivity contribution in [2.75, 3.05) is 4.90 Å². The van der Waals surface area contributed by atoms with Gasteiger partial charge in [0, 0.05) is 35.0 Å². The molecule has 0 spiro atoms. The van der Waals surface area contributed by atoms with Crippen molar-refractivity contribution in [1.82, 2.24) is 5.16 Å². The molecule has 1 N–H and O–H groups in total. The minimum absolute atomic E-state index is 0.0238. The number of aromatic carboxylic acids is 1. The lowest BCUT2D eigenvalue weighted by Gasteiger charge is -2.37. The SMILES string of the molecule is Cc1c(N2C3CC(OCc4c(-c5ccccc5C5CC5)noc4C4CC4)=CC2[C@H](C)C3)ccc2oc(C(=O)O)cc12. The van der Waals surface area contributed by atoms with E-state index in [1.165, 1.54) is 24.0 Å².